The molecule has 0 aromatic heterocycles. The lowest BCUT2D eigenvalue weighted by Crippen LogP contribution is -2.39. The maximum absolute atomic E-state index is 12.0. The van der Waals surface area contributed by atoms with Gasteiger partial charge in [0.1, 0.15) is 6.04 Å². The average molecular weight is 247 g/mol. The summed E-state index contributed by atoms with van der Waals surface area (Å²) in [6.07, 6.45) is 1.77. The van der Waals surface area contributed by atoms with Crippen LogP contribution in [0.5, 0.6) is 0 Å². The fourth-order valence-electron chi connectivity index (χ4n) is 2.19. The van der Waals surface area contributed by atoms with Crippen LogP contribution in [0.1, 0.15) is 12.0 Å². The van der Waals surface area contributed by atoms with Gasteiger partial charge in [-0.3, -0.25) is 4.79 Å². The van der Waals surface area contributed by atoms with Gasteiger partial charge in [-0.15, -0.1) is 0 Å². The minimum atomic E-state index is -0.109. The summed E-state index contributed by atoms with van der Waals surface area (Å²) in [6, 6.07) is 7.99. The molecule has 0 saturated carbocycles. The predicted molar refractivity (Wildman–Crippen MR) is 73.7 cm³/mol. The largest absolute Gasteiger partial charge is 0.373 e. The molecule has 1 amide bonds. The Kier molecular flexibility index (Phi) is 4.20. The molecule has 1 aliphatic heterocycles. The van der Waals surface area contributed by atoms with Crippen molar-refractivity contribution in [3.05, 3.63) is 29.8 Å². The van der Waals surface area contributed by atoms with E-state index in [-0.39, 0.29) is 11.9 Å². The first-order valence-electron chi connectivity index (χ1n) is 6.43. The fourth-order valence-corrected chi connectivity index (χ4v) is 2.19. The standard InChI is InChI=1S/C14H21N3O/c1-17(2)9-5-8-15-14(18)13-10-11-6-3-4-7-12(11)16-13/h3-4,6-7,13,16H,5,8-10H2,1-2H3,(H,15,18)/t13-/m0/s1. The van der Waals surface area contributed by atoms with Crippen molar-refractivity contribution in [2.24, 2.45) is 0 Å². The average Bonchev–Trinajstić information content (AvgIpc) is 2.78. The molecular formula is C14H21N3O. The predicted octanol–water partition coefficient (Wildman–Crippen LogP) is 1.09. The molecule has 0 radical (unpaired) electrons. The Balaban J connectivity index is 1.76. The number of hydrogen-bond donors (Lipinski definition) is 2. The van der Waals surface area contributed by atoms with Gasteiger partial charge in [0.25, 0.3) is 0 Å². The van der Waals surface area contributed by atoms with Crippen LogP contribution < -0.4 is 10.6 Å². The number of hydrogen-bond acceptors (Lipinski definition) is 3. The summed E-state index contributed by atoms with van der Waals surface area (Å²) in [5.74, 6) is 0.102. The first-order chi connectivity index (χ1) is 8.66. The molecule has 18 heavy (non-hydrogen) atoms. The molecule has 0 unspecified atom stereocenters. The zero-order chi connectivity index (χ0) is 13.0. The number of nitrogens with zero attached hydrogens (tertiary/aromatic N) is 1. The van der Waals surface area contributed by atoms with Crippen LogP contribution >= 0.6 is 0 Å². The van der Waals surface area contributed by atoms with Crippen LogP contribution in [-0.4, -0.2) is 44.0 Å². The highest BCUT2D eigenvalue weighted by Crippen LogP contribution is 2.24. The van der Waals surface area contributed by atoms with Gasteiger partial charge in [0.2, 0.25) is 5.91 Å². The Hall–Kier alpha value is -1.55. The normalized spacial score (nSPS) is 17.4. The molecule has 1 aromatic carbocycles. The monoisotopic (exact) mass is 247 g/mol. The number of anilines is 1. The second kappa shape index (κ2) is 5.87. The third-order valence-corrected chi connectivity index (χ3v) is 3.17. The van der Waals surface area contributed by atoms with E-state index in [1.54, 1.807) is 0 Å². The summed E-state index contributed by atoms with van der Waals surface area (Å²) in [5, 5.41) is 6.25. The van der Waals surface area contributed by atoms with Gasteiger partial charge in [-0.25, -0.2) is 0 Å². The van der Waals surface area contributed by atoms with E-state index in [4.69, 9.17) is 0 Å². The highest BCUT2D eigenvalue weighted by atomic mass is 16.2. The van der Waals surface area contributed by atoms with E-state index in [0.717, 1.165) is 31.6 Å². The van der Waals surface area contributed by atoms with Gasteiger partial charge >= 0.3 is 0 Å². The lowest BCUT2D eigenvalue weighted by atomic mass is 10.1. The van der Waals surface area contributed by atoms with Crippen LogP contribution in [-0.2, 0) is 11.2 Å². The number of amides is 1. The Bertz CT molecular complexity index is 392. The molecule has 1 aliphatic rings. The Morgan fingerprint density at radius 2 is 2.22 bits per heavy atom. The molecule has 2 rings (SSSR count). The zero-order valence-corrected chi connectivity index (χ0v) is 11.1. The Labute approximate surface area is 108 Å². The highest BCUT2D eigenvalue weighted by Gasteiger charge is 2.25. The van der Waals surface area contributed by atoms with Gasteiger partial charge < -0.3 is 15.5 Å². The summed E-state index contributed by atoms with van der Waals surface area (Å²) in [7, 11) is 4.08. The number of nitrogens with one attached hydrogen (secondary N) is 2. The molecule has 1 aromatic rings. The molecule has 0 bridgehead atoms. The first-order valence-corrected chi connectivity index (χ1v) is 6.43. The quantitative estimate of drug-likeness (QED) is 0.766. The fraction of sp³-hybridized carbons (Fsp3) is 0.500. The van der Waals surface area contributed by atoms with E-state index in [1.807, 2.05) is 32.3 Å². The van der Waals surface area contributed by atoms with Crippen LogP contribution in [0.15, 0.2) is 24.3 Å². The minimum Gasteiger partial charge on any atom is -0.373 e. The second-order valence-corrected chi connectivity index (χ2v) is 5.01. The van der Waals surface area contributed by atoms with Crippen molar-refractivity contribution in [1.82, 2.24) is 10.2 Å². The molecule has 98 valence electrons. The summed E-state index contributed by atoms with van der Waals surface area (Å²) >= 11 is 0. The van der Waals surface area contributed by atoms with Crippen LogP contribution in [0.3, 0.4) is 0 Å². The molecule has 0 saturated heterocycles. The van der Waals surface area contributed by atoms with Gasteiger partial charge in [0.05, 0.1) is 0 Å². The van der Waals surface area contributed by atoms with E-state index in [2.05, 4.69) is 21.6 Å². The van der Waals surface area contributed by atoms with Crippen LogP contribution in [0.25, 0.3) is 0 Å². The van der Waals surface area contributed by atoms with Gasteiger partial charge in [0.15, 0.2) is 0 Å². The molecule has 4 heteroatoms. The Morgan fingerprint density at radius 3 is 2.94 bits per heavy atom. The van der Waals surface area contributed by atoms with Crippen LogP contribution in [0, 0.1) is 0 Å². The van der Waals surface area contributed by atoms with Gasteiger partial charge in [-0.1, -0.05) is 18.2 Å². The molecule has 2 N–H and O–H groups in total. The molecule has 0 aliphatic carbocycles. The van der Waals surface area contributed by atoms with Crippen molar-refractivity contribution in [3.8, 4) is 0 Å². The van der Waals surface area contributed by atoms with E-state index < -0.39 is 0 Å². The lowest BCUT2D eigenvalue weighted by molar-refractivity contribution is -0.121. The number of fused-ring (bicyclic) bond motifs is 1. The topological polar surface area (TPSA) is 44.4 Å². The Morgan fingerprint density at radius 1 is 1.44 bits per heavy atom. The number of carbonyl (C=O) groups excluding carboxylic acids is 1. The molecule has 0 fully saturated rings. The van der Waals surface area contributed by atoms with Crippen molar-refractivity contribution in [1.29, 1.82) is 0 Å². The number of para-hydroxylation sites is 1. The van der Waals surface area contributed by atoms with Gasteiger partial charge in [0, 0.05) is 18.7 Å². The van der Waals surface area contributed by atoms with Crippen LogP contribution in [0.4, 0.5) is 5.69 Å². The van der Waals surface area contributed by atoms with Crippen molar-refractivity contribution in [3.63, 3.8) is 0 Å². The first kappa shape index (κ1) is 12.9. The molecular weight excluding hydrogens is 226 g/mol. The lowest BCUT2D eigenvalue weighted by Gasteiger charge is -2.13. The highest BCUT2D eigenvalue weighted by molar-refractivity contribution is 5.87. The van der Waals surface area contributed by atoms with Gasteiger partial charge in [-0.2, -0.15) is 0 Å². The van der Waals surface area contributed by atoms with Gasteiger partial charge in [-0.05, 0) is 38.7 Å². The maximum Gasteiger partial charge on any atom is 0.242 e. The third-order valence-electron chi connectivity index (χ3n) is 3.17. The number of rotatable bonds is 5. The van der Waals surface area contributed by atoms with E-state index in [0.29, 0.717) is 0 Å². The smallest absolute Gasteiger partial charge is 0.242 e. The second-order valence-electron chi connectivity index (χ2n) is 5.01. The summed E-state index contributed by atoms with van der Waals surface area (Å²) in [4.78, 5) is 14.1. The van der Waals surface area contributed by atoms with Crippen molar-refractivity contribution in [2.45, 2.75) is 18.9 Å². The third kappa shape index (κ3) is 3.23. The summed E-state index contributed by atoms with van der Waals surface area (Å²) in [5.41, 5.74) is 2.32. The minimum absolute atomic E-state index is 0.102. The summed E-state index contributed by atoms with van der Waals surface area (Å²) < 4.78 is 0. The van der Waals surface area contributed by atoms with Crippen molar-refractivity contribution >= 4 is 11.6 Å². The number of carbonyl (C=O) groups is 1. The van der Waals surface area contributed by atoms with Crippen LogP contribution in [0.2, 0.25) is 0 Å². The number of benzene rings is 1. The summed E-state index contributed by atoms with van der Waals surface area (Å²) in [6.45, 7) is 1.74. The molecule has 4 nitrogen and oxygen atoms in total. The maximum atomic E-state index is 12.0. The molecule has 0 spiro atoms. The zero-order valence-electron chi connectivity index (χ0n) is 11.1. The SMILES string of the molecule is CN(C)CCCNC(=O)[C@@H]1Cc2ccccc2N1. The van der Waals surface area contributed by atoms with E-state index in [1.165, 1.54) is 5.56 Å². The molecule has 1 heterocycles. The van der Waals surface area contributed by atoms with Crippen molar-refractivity contribution in [2.75, 3.05) is 32.5 Å². The molecule has 1 atom stereocenters. The van der Waals surface area contributed by atoms with E-state index in [9.17, 15) is 4.79 Å². The van der Waals surface area contributed by atoms with E-state index >= 15 is 0 Å². The van der Waals surface area contributed by atoms with Crippen molar-refractivity contribution < 1.29 is 4.79 Å².